The van der Waals surface area contributed by atoms with Crippen LogP contribution in [0.15, 0.2) is 0 Å². The van der Waals surface area contributed by atoms with Crippen molar-refractivity contribution >= 4 is 0 Å². The Kier molecular flexibility index (Phi) is 0.543. The van der Waals surface area contributed by atoms with Crippen molar-refractivity contribution in [3.8, 4) is 0 Å². The lowest BCUT2D eigenvalue weighted by atomic mass is 9.24. The quantitative estimate of drug-likeness (QED) is 0.576. The van der Waals surface area contributed by atoms with Gasteiger partial charge in [0.15, 0.2) is 0 Å². The van der Waals surface area contributed by atoms with E-state index in [1.165, 1.54) is 35.5 Å². The molecule has 0 nitrogen and oxygen atoms in total. The van der Waals surface area contributed by atoms with Gasteiger partial charge < -0.3 is 0 Å². The predicted molar refractivity (Wildman–Crippen MR) is 58.4 cm³/mol. The van der Waals surface area contributed by atoms with Gasteiger partial charge in [0.05, 0.1) is 0 Å². The van der Waals surface area contributed by atoms with Crippen LogP contribution in [0.2, 0.25) is 0 Å². The summed E-state index contributed by atoms with van der Waals surface area (Å²) in [6.45, 7) is 0. The van der Waals surface area contributed by atoms with Gasteiger partial charge in [0, 0.05) is 0 Å². The lowest BCUT2D eigenvalue weighted by Crippen LogP contribution is -2.74. The molecular weight excluding hydrogens is 192 g/mol. The molecule has 0 amide bonds. The second-order valence-corrected chi connectivity index (χ2v) is 9.21. The summed E-state index contributed by atoms with van der Waals surface area (Å²) < 4.78 is 0. The summed E-state index contributed by atoms with van der Waals surface area (Å²) in [5, 5.41) is 0. The van der Waals surface area contributed by atoms with Crippen molar-refractivity contribution in [3.05, 3.63) is 0 Å². The van der Waals surface area contributed by atoms with Crippen molar-refractivity contribution in [1.29, 1.82) is 0 Å². The van der Waals surface area contributed by atoms with E-state index in [4.69, 9.17) is 0 Å². The first-order valence-corrected chi connectivity index (χ1v) is 7.82. The van der Waals surface area contributed by atoms with Gasteiger partial charge in [-0.05, 0) is 95.7 Å². The van der Waals surface area contributed by atoms with E-state index < -0.39 is 0 Å². The van der Waals surface area contributed by atoms with E-state index in [1.807, 2.05) is 0 Å². The topological polar surface area (TPSA) is 0 Å². The van der Waals surface area contributed by atoms with Crippen molar-refractivity contribution in [2.45, 2.75) is 38.5 Å². The van der Waals surface area contributed by atoms with Crippen LogP contribution in [0.4, 0.5) is 0 Å². The Morgan fingerprint density at radius 1 is 0.875 bits per heavy atom. The van der Waals surface area contributed by atoms with Crippen molar-refractivity contribution in [3.63, 3.8) is 0 Å². The summed E-state index contributed by atoms with van der Waals surface area (Å²) in [5.74, 6) is 7.73. The molecule has 8 rings (SSSR count). The maximum Gasteiger partial charge on any atom is -0.0142 e. The zero-order valence-electron chi connectivity index (χ0n) is 9.71. The second kappa shape index (κ2) is 1.28. The van der Waals surface area contributed by atoms with E-state index in [2.05, 4.69) is 0 Å². The molecule has 0 N–H and O–H groups in total. The average Bonchev–Trinajstić information content (AvgIpc) is 2.42. The van der Waals surface area contributed by atoms with Crippen LogP contribution in [0.1, 0.15) is 38.5 Å². The molecule has 0 heterocycles. The molecule has 0 heteroatoms. The zero-order valence-corrected chi connectivity index (χ0v) is 9.71. The van der Waals surface area contributed by atoms with Crippen LogP contribution in [-0.2, 0) is 0 Å². The van der Waals surface area contributed by atoms with Gasteiger partial charge in [0.1, 0.15) is 0 Å². The Bertz CT molecular complexity index is 536. The second-order valence-electron chi connectivity index (χ2n) is 9.21. The summed E-state index contributed by atoms with van der Waals surface area (Å²) in [6.07, 6.45) is 10.3. The van der Waals surface area contributed by atoms with Crippen LogP contribution in [0, 0.1) is 57.2 Å². The maximum atomic E-state index is 1.75. The Morgan fingerprint density at radius 2 is 1.88 bits per heavy atom. The molecule has 8 aliphatic carbocycles. The lowest BCUT2D eigenvalue weighted by molar-refractivity contribution is -0.324. The van der Waals surface area contributed by atoms with E-state index in [0.29, 0.717) is 0 Å². The Balaban J connectivity index is 1.54. The third-order valence-corrected chi connectivity index (χ3v) is 10.6. The third kappa shape index (κ3) is 0.262. The van der Waals surface area contributed by atoms with Crippen LogP contribution in [-0.4, -0.2) is 0 Å². The van der Waals surface area contributed by atoms with Gasteiger partial charge in [0.2, 0.25) is 0 Å². The molecule has 0 spiro atoms. The highest BCUT2D eigenvalue weighted by atomic mass is 15.1. The minimum absolute atomic E-state index is 0.985. The SMILES string of the molecule is C1CC23CC(C12)C1C2CC13C13CC4C1C42C3. The molecule has 0 radical (unpaired) electrons. The monoisotopic (exact) mass is 210 g/mol. The third-order valence-electron chi connectivity index (χ3n) is 10.6. The van der Waals surface area contributed by atoms with Crippen LogP contribution in [0.5, 0.6) is 0 Å². The molecule has 10 atom stereocenters. The normalized spacial score (nSPS) is 97.5. The molecule has 8 saturated carbocycles. The van der Waals surface area contributed by atoms with Crippen molar-refractivity contribution < 1.29 is 0 Å². The summed E-state index contributed by atoms with van der Waals surface area (Å²) in [5.41, 5.74) is 4.01. The van der Waals surface area contributed by atoms with Crippen LogP contribution in [0.3, 0.4) is 0 Å². The van der Waals surface area contributed by atoms with E-state index in [0.717, 1.165) is 21.7 Å². The fraction of sp³-hybridized carbons (Fsp3) is 1.00. The summed E-state index contributed by atoms with van der Waals surface area (Å²) >= 11 is 0. The molecule has 8 fully saturated rings. The summed E-state index contributed by atoms with van der Waals surface area (Å²) in [7, 11) is 0. The van der Waals surface area contributed by atoms with Gasteiger partial charge in [-0.2, -0.15) is 0 Å². The molecule has 0 aliphatic heterocycles. The van der Waals surface area contributed by atoms with Crippen LogP contribution in [0.25, 0.3) is 0 Å². The fourth-order valence-corrected chi connectivity index (χ4v) is 10.8. The van der Waals surface area contributed by atoms with E-state index in [1.54, 1.807) is 38.5 Å². The standard InChI is InChI=1S/C16H18/c1-2-13-3-7(8(1)13)11-9-5-16(11,13)14-4-10-12(14)15(9,10)6-14/h7-12H,1-6H2. The van der Waals surface area contributed by atoms with Gasteiger partial charge in [-0.1, -0.05) is 0 Å². The molecule has 16 heavy (non-hydrogen) atoms. The summed E-state index contributed by atoms with van der Waals surface area (Å²) in [6, 6.07) is 0. The Hall–Kier alpha value is 0. The van der Waals surface area contributed by atoms with Gasteiger partial charge in [0.25, 0.3) is 0 Å². The first-order valence-electron chi connectivity index (χ1n) is 7.82. The Morgan fingerprint density at radius 3 is 2.62 bits per heavy atom. The molecule has 0 aromatic carbocycles. The molecule has 6 bridgehead atoms. The number of hydrogen-bond acceptors (Lipinski definition) is 0. The molecular formula is C16H18. The van der Waals surface area contributed by atoms with E-state index >= 15 is 0 Å². The van der Waals surface area contributed by atoms with Crippen LogP contribution < -0.4 is 0 Å². The Labute approximate surface area is 96.2 Å². The van der Waals surface area contributed by atoms with Gasteiger partial charge >= 0.3 is 0 Å². The van der Waals surface area contributed by atoms with Gasteiger partial charge in [-0.3, -0.25) is 0 Å². The average molecular weight is 210 g/mol. The highest BCUT2D eigenvalue weighted by molar-refractivity contribution is 5.54. The molecule has 82 valence electrons. The molecule has 10 unspecified atom stereocenters. The molecule has 0 saturated heterocycles. The fourth-order valence-electron chi connectivity index (χ4n) is 10.8. The van der Waals surface area contributed by atoms with E-state index in [9.17, 15) is 0 Å². The van der Waals surface area contributed by atoms with Crippen LogP contribution >= 0.6 is 0 Å². The molecule has 8 aliphatic rings. The first-order chi connectivity index (χ1) is 7.82. The minimum atomic E-state index is 0.985. The smallest absolute Gasteiger partial charge is 0.0142 e. The van der Waals surface area contributed by atoms with Gasteiger partial charge in [-0.15, -0.1) is 0 Å². The first kappa shape index (κ1) is 6.81. The van der Waals surface area contributed by atoms with Crippen molar-refractivity contribution in [1.82, 2.24) is 0 Å². The lowest BCUT2D eigenvalue weighted by Gasteiger charge is -2.80. The zero-order chi connectivity index (χ0) is 9.71. The molecule has 0 aromatic rings. The molecule has 0 aromatic heterocycles. The van der Waals surface area contributed by atoms with Crippen molar-refractivity contribution in [2.24, 2.45) is 57.2 Å². The predicted octanol–water partition coefficient (Wildman–Crippen LogP) is 3.08. The largest absolute Gasteiger partial charge is 0.0491 e. The van der Waals surface area contributed by atoms with Gasteiger partial charge in [-0.25, -0.2) is 0 Å². The number of rotatable bonds is 0. The highest BCUT2D eigenvalue weighted by Gasteiger charge is 3.07. The minimum Gasteiger partial charge on any atom is -0.0491 e. The summed E-state index contributed by atoms with van der Waals surface area (Å²) in [4.78, 5) is 0. The highest BCUT2D eigenvalue weighted by Crippen LogP contribution is 3.13. The number of hydrogen-bond donors (Lipinski definition) is 0. The van der Waals surface area contributed by atoms with E-state index in [-0.39, 0.29) is 0 Å². The van der Waals surface area contributed by atoms with Crippen molar-refractivity contribution in [2.75, 3.05) is 0 Å². The maximum absolute atomic E-state index is 1.75.